The number of benzene rings is 1. The van der Waals surface area contributed by atoms with E-state index in [0.717, 1.165) is 6.54 Å². The van der Waals surface area contributed by atoms with Gasteiger partial charge < -0.3 is 11.1 Å². The van der Waals surface area contributed by atoms with Gasteiger partial charge in [-0.1, -0.05) is 31.2 Å². The molecule has 2 unspecified atom stereocenters. The Morgan fingerprint density at radius 1 is 1.35 bits per heavy atom. The first-order valence-corrected chi connectivity index (χ1v) is 7.33. The number of likely N-dealkylation sites (N-methyl/N-ethyl adjacent to an activating group) is 2. The average molecular weight is 277 g/mol. The van der Waals surface area contributed by atoms with E-state index in [0.29, 0.717) is 13.1 Å². The molecule has 0 heterocycles. The fraction of sp³-hybridized carbons (Fsp3) is 0.562. The number of nitrogens with zero attached hydrogens (tertiary/aromatic N) is 1. The van der Waals surface area contributed by atoms with Crippen LogP contribution in [0.1, 0.15) is 37.9 Å². The summed E-state index contributed by atoms with van der Waals surface area (Å²) in [5.41, 5.74) is 8.60. The van der Waals surface area contributed by atoms with Crippen LogP contribution in [-0.4, -0.2) is 36.5 Å². The number of hydrogen-bond donors (Lipinski definition) is 2. The van der Waals surface area contributed by atoms with E-state index in [4.69, 9.17) is 5.73 Å². The molecule has 112 valence electrons. The lowest BCUT2D eigenvalue weighted by Crippen LogP contribution is -2.44. The molecule has 1 aromatic rings. The minimum Gasteiger partial charge on any atom is -0.355 e. The molecular weight excluding hydrogens is 250 g/mol. The summed E-state index contributed by atoms with van der Waals surface area (Å²) in [6, 6.07) is 8.26. The lowest BCUT2D eigenvalue weighted by Gasteiger charge is -2.34. The van der Waals surface area contributed by atoms with Crippen LogP contribution in [0.4, 0.5) is 0 Å². The third kappa shape index (κ3) is 4.32. The van der Waals surface area contributed by atoms with Crippen molar-refractivity contribution in [3.05, 3.63) is 35.4 Å². The van der Waals surface area contributed by atoms with E-state index in [1.54, 1.807) is 0 Å². The molecular formula is C16H27N3O. The Labute approximate surface area is 122 Å². The van der Waals surface area contributed by atoms with Gasteiger partial charge in [-0.25, -0.2) is 0 Å². The predicted octanol–water partition coefficient (Wildman–Crippen LogP) is 1.84. The molecule has 0 saturated heterocycles. The lowest BCUT2D eigenvalue weighted by molar-refractivity contribution is -0.122. The highest BCUT2D eigenvalue weighted by Gasteiger charge is 2.25. The normalized spacial score (nSPS) is 14.1. The summed E-state index contributed by atoms with van der Waals surface area (Å²) >= 11 is 0. The van der Waals surface area contributed by atoms with Crippen LogP contribution in [0.25, 0.3) is 0 Å². The number of rotatable bonds is 7. The molecule has 20 heavy (non-hydrogen) atoms. The van der Waals surface area contributed by atoms with Crippen molar-refractivity contribution in [2.75, 3.05) is 19.6 Å². The standard InChI is InChI=1S/C16H27N3O/c1-5-18-15(20)11-19(6-2)16(13(4)17)14-10-8-7-9-12(14)3/h7-10,13,16H,5-6,11,17H2,1-4H3,(H,18,20). The quantitative estimate of drug-likeness (QED) is 0.799. The summed E-state index contributed by atoms with van der Waals surface area (Å²) in [6.07, 6.45) is 0. The van der Waals surface area contributed by atoms with Gasteiger partial charge >= 0.3 is 0 Å². The van der Waals surface area contributed by atoms with E-state index in [9.17, 15) is 4.79 Å². The van der Waals surface area contributed by atoms with Gasteiger partial charge in [0, 0.05) is 12.6 Å². The molecule has 0 aromatic heterocycles. The molecule has 1 rings (SSSR count). The summed E-state index contributed by atoms with van der Waals surface area (Å²) in [6.45, 7) is 9.90. The Morgan fingerprint density at radius 2 is 2.00 bits per heavy atom. The third-order valence-electron chi connectivity index (χ3n) is 3.53. The molecule has 0 aliphatic rings. The van der Waals surface area contributed by atoms with Gasteiger partial charge in [-0.05, 0) is 38.4 Å². The Morgan fingerprint density at radius 3 is 2.50 bits per heavy atom. The molecule has 0 bridgehead atoms. The first kappa shape index (κ1) is 16.7. The van der Waals surface area contributed by atoms with E-state index >= 15 is 0 Å². The zero-order chi connectivity index (χ0) is 15.1. The molecule has 0 radical (unpaired) electrons. The van der Waals surface area contributed by atoms with E-state index in [1.165, 1.54) is 11.1 Å². The first-order chi connectivity index (χ1) is 9.51. The Bertz CT molecular complexity index is 431. The van der Waals surface area contributed by atoms with Crippen LogP contribution < -0.4 is 11.1 Å². The Balaban J connectivity index is 2.99. The van der Waals surface area contributed by atoms with E-state index in [1.807, 2.05) is 26.0 Å². The van der Waals surface area contributed by atoms with Crippen molar-refractivity contribution in [2.24, 2.45) is 5.73 Å². The van der Waals surface area contributed by atoms with Gasteiger partial charge in [0.25, 0.3) is 0 Å². The van der Waals surface area contributed by atoms with Gasteiger partial charge in [-0.2, -0.15) is 0 Å². The maximum absolute atomic E-state index is 11.9. The summed E-state index contributed by atoms with van der Waals surface area (Å²) in [4.78, 5) is 14.0. The van der Waals surface area contributed by atoms with Gasteiger partial charge in [-0.15, -0.1) is 0 Å². The second kappa shape index (κ2) is 8.02. The maximum atomic E-state index is 11.9. The predicted molar refractivity (Wildman–Crippen MR) is 83.5 cm³/mol. The molecule has 0 saturated carbocycles. The molecule has 0 aliphatic carbocycles. The molecule has 1 amide bonds. The fourth-order valence-electron chi connectivity index (χ4n) is 2.58. The molecule has 4 heteroatoms. The van der Waals surface area contributed by atoms with Gasteiger partial charge in [0.2, 0.25) is 5.91 Å². The Hall–Kier alpha value is -1.39. The number of nitrogens with one attached hydrogen (secondary N) is 1. The largest absolute Gasteiger partial charge is 0.355 e. The molecule has 0 aliphatic heterocycles. The number of carbonyl (C=O) groups is 1. The van der Waals surface area contributed by atoms with Crippen molar-refractivity contribution in [1.29, 1.82) is 0 Å². The zero-order valence-electron chi connectivity index (χ0n) is 13.0. The van der Waals surface area contributed by atoms with Crippen molar-refractivity contribution in [1.82, 2.24) is 10.2 Å². The van der Waals surface area contributed by atoms with Crippen LogP contribution in [0, 0.1) is 6.92 Å². The summed E-state index contributed by atoms with van der Waals surface area (Å²) < 4.78 is 0. The van der Waals surface area contributed by atoms with Crippen molar-refractivity contribution < 1.29 is 4.79 Å². The van der Waals surface area contributed by atoms with Crippen LogP contribution in [0.5, 0.6) is 0 Å². The highest BCUT2D eigenvalue weighted by molar-refractivity contribution is 5.78. The molecule has 3 N–H and O–H groups in total. The van der Waals surface area contributed by atoms with E-state index in [-0.39, 0.29) is 18.0 Å². The second-order valence-corrected chi connectivity index (χ2v) is 5.18. The average Bonchev–Trinajstić information content (AvgIpc) is 2.40. The van der Waals surface area contributed by atoms with Crippen molar-refractivity contribution >= 4 is 5.91 Å². The monoisotopic (exact) mass is 277 g/mol. The number of amides is 1. The van der Waals surface area contributed by atoms with Crippen molar-refractivity contribution in [3.63, 3.8) is 0 Å². The molecule has 2 atom stereocenters. The highest BCUT2D eigenvalue weighted by Crippen LogP contribution is 2.25. The summed E-state index contributed by atoms with van der Waals surface area (Å²) in [5.74, 6) is 0.0496. The Kier molecular flexibility index (Phi) is 6.68. The van der Waals surface area contributed by atoms with Crippen molar-refractivity contribution in [3.8, 4) is 0 Å². The van der Waals surface area contributed by atoms with Gasteiger partial charge in [0.1, 0.15) is 0 Å². The minimum absolute atomic E-state index is 0.0366. The third-order valence-corrected chi connectivity index (χ3v) is 3.53. The van der Waals surface area contributed by atoms with E-state index in [2.05, 4.69) is 36.2 Å². The molecule has 4 nitrogen and oxygen atoms in total. The van der Waals surface area contributed by atoms with Gasteiger partial charge in [0.15, 0.2) is 0 Å². The lowest BCUT2D eigenvalue weighted by atomic mass is 9.95. The summed E-state index contributed by atoms with van der Waals surface area (Å²) in [7, 11) is 0. The van der Waals surface area contributed by atoms with Crippen LogP contribution in [0.2, 0.25) is 0 Å². The summed E-state index contributed by atoms with van der Waals surface area (Å²) in [5, 5.41) is 2.85. The number of aryl methyl sites for hydroxylation is 1. The SMILES string of the molecule is CCNC(=O)CN(CC)C(c1ccccc1C)C(C)N. The van der Waals surface area contributed by atoms with Crippen molar-refractivity contribution in [2.45, 2.75) is 39.8 Å². The topological polar surface area (TPSA) is 58.4 Å². The van der Waals surface area contributed by atoms with E-state index < -0.39 is 0 Å². The van der Waals surface area contributed by atoms with Crippen LogP contribution in [-0.2, 0) is 4.79 Å². The molecule has 0 spiro atoms. The first-order valence-electron chi connectivity index (χ1n) is 7.33. The zero-order valence-corrected chi connectivity index (χ0v) is 13.0. The molecule has 0 fully saturated rings. The number of carbonyl (C=O) groups excluding carboxylic acids is 1. The number of nitrogens with two attached hydrogens (primary N) is 1. The minimum atomic E-state index is -0.0366. The van der Waals surface area contributed by atoms with Crippen LogP contribution in [0.3, 0.4) is 0 Å². The number of hydrogen-bond acceptors (Lipinski definition) is 3. The van der Waals surface area contributed by atoms with Gasteiger partial charge in [-0.3, -0.25) is 9.69 Å². The molecule has 1 aromatic carbocycles. The fourth-order valence-corrected chi connectivity index (χ4v) is 2.58. The smallest absolute Gasteiger partial charge is 0.234 e. The van der Waals surface area contributed by atoms with Crippen LogP contribution in [0.15, 0.2) is 24.3 Å². The highest BCUT2D eigenvalue weighted by atomic mass is 16.2. The van der Waals surface area contributed by atoms with Crippen LogP contribution >= 0.6 is 0 Å². The van der Waals surface area contributed by atoms with Gasteiger partial charge in [0.05, 0.1) is 12.6 Å². The maximum Gasteiger partial charge on any atom is 0.234 e. The second-order valence-electron chi connectivity index (χ2n) is 5.18.